The maximum Gasteiger partial charge on any atom is 0.149 e. The van der Waals surface area contributed by atoms with Crippen LogP contribution in [0.5, 0.6) is 11.5 Å². The molecular formula is C16H18ClNO3. The molecular weight excluding hydrogens is 290 g/mol. The van der Waals surface area contributed by atoms with Crippen LogP contribution in [-0.2, 0) is 4.74 Å². The van der Waals surface area contributed by atoms with Crippen LogP contribution in [0, 0.1) is 0 Å². The van der Waals surface area contributed by atoms with E-state index in [-0.39, 0.29) is 6.10 Å². The zero-order chi connectivity index (χ0) is 14.7. The van der Waals surface area contributed by atoms with Gasteiger partial charge >= 0.3 is 0 Å². The summed E-state index contributed by atoms with van der Waals surface area (Å²) in [5.74, 6) is 1.40. The first kappa shape index (κ1) is 14.4. The summed E-state index contributed by atoms with van der Waals surface area (Å²) in [6, 6.07) is 5.66. The van der Waals surface area contributed by atoms with Crippen molar-refractivity contribution in [2.45, 2.75) is 25.4 Å². The second kappa shape index (κ2) is 6.50. The normalized spacial score (nSPS) is 18.7. The number of rotatable bonds is 4. The summed E-state index contributed by atoms with van der Waals surface area (Å²) in [5.41, 5.74) is 0.833. The molecule has 0 N–H and O–H groups in total. The molecule has 1 saturated heterocycles. The molecule has 0 spiro atoms. The van der Waals surface area contributed by atoms with Crippen LogP contribution in [0.3, 0.4) is 0 Å². The highest BCUT2D eigenvalue weighted by molar-refractivity contribution is 6.33. The van der Waals surface area contributed by atoms with E-state index in [0.717, 1.165) is 36.1 Å². The van der Waals surface area contributed by atoms with Gasteiger partial charge in [0.25, 0.3) is 0 Å². The minimum atomic E-state index is 0.142. The Morgan fingerprint density at radius 2 is 2.29 bits per heavy atom. The Balaban J connectivity index is 1.86. The SMILES string of the molecule is COc1ccc2ncc(Cl)c(OCC3CCCCO3)c2c1. The number of ether oxygens (including phenoxy) is 3. The predicted molar refractivity (Wildman–Crippen MR) is 82.4 cm³/mol. The number of benzene rings is 1. The number of methoxy groups -OCH3 is 1. The Kier molecular flexibility index (Phi) is 4.46. The van der Waals surface area contributed by atoms with E-state index >= 15 is 0 Å². The standard InChI is InChI=1S/C16H18ClNO3/c1-19-11-5-6-15-13(8-11)16(14(17)9-18-15)21-10-12-4-2-3-7-20-12/h5-6,8-9,12H,2-4,7,10H2,1H3. The molecule has 1 aliphatic heterocycles. The van der Waals surface area contributed by atoms with Crippen LogP contribution >= 0.6 is 11.6 Å². The van der Waals surface area contributed by atoms with E-state index in [2.05, 4.69) is 4.98 Å². The minimum Gasteiger partial charge on any atom is -0.497 e. The van der Waals surface area contributed by atoms with E-state index in [1.54, 1.807) is 13.3 Å². The van der Waals surface area contributed by atoms with Gasteiger partial charge in [-0.3, -0.25) is 4.98 Å². The number of hydrogen-bond donors (Lipinski definition) is 0. The van der Waals surface area contributed by atoms with Crippen LogP contribution in [0.2, 0.25) is 5.02 Å². The minimum absolute atomic E-state index is 0.142. The van der Waals surface area contributed by atoms with Crippen LogP contribution < -0.4 is 9.47 Å². The molecule has 1 aromatic carbocycles. The molecule has 1 fully saturated rings. The van der Waals surface area contributed by atoms with Crippen LogP contribution in [0.1, 0.15) is 19.3 Å². The molecule has 1 unspecified atom stereocenters. The Hall–Kier alpha value is -1.52. The summed E-state index contributed by atoms with van der Waals surface area (Å²) in [4.78, 5) is 4.31. The van der Waals surface area contributed by atoms with E-state index in [0.29, 0.717) is 17.4 Å². The second-order valence-electron chi connectivity index (χ2n) is 5.12. The number of halogens is 1. The molecule has 0 aliphatic carbocycles. The van der Waals surface area contributed by atoms with Gasteiger partial charge in [0, 0.05) is 18.2 Å². The van der Waals surface area contributed by atoms with Crippen molar-refractivity contribution in [2.24, 2.45) is 0 Å². The lowest BCUT2D eigenvalue weighted by molar-refractivity contribution is -0.0107. The zero-order valence-corrected chi connectivity index (χ0v) is 12.7. The van der Waals surface area contributed by atoms with Crippen molar-refractivity contribution < 1.29 is 14.2 Å². The van der Waals surface area contributed by atoms with E-state index in [4.69, 9.17) is 25.8 Å². The smallest absolute Gasteiger partial charge is 0.149 e. The van der Waals surface area contributed by atoms with Crippen LogP contribution in [0.4, 0.5) is 0 Å². The van der Waals surface area contributed by atoms with Gasteiger partial charge in [-0.15, -0.1) is 0 Å². The van der Waals surface area contributed by atoms with Crippen molar-refractivity contribution in [2.75, 3.05) is 20.3 Å². The predicted octanol–water partition coefficient (Wildman–Crippen LogP) is 3.84. The molecule has 0 radical (unpaired) electrons. The molecule has 0 saturated carbocycles. The first-order chi connectivity index (χ1) is 10.3. The molecule has 1 aliphatic rings. The van der Waals surface area contributed by atoms with Gasteiger partial charge in [-0.05, 0) is 37.5 Å². The topological polar surface area (TPSA) is 40.6 Å². The van der Waals surface area contributed by atoms with E-state index in [1.807, 2.05) is 18.2 Å². The average Bonchev–Trinajstić information content (AvgIpc) is 2.54. The highest BCUT2D eigenvalue weighted by atomic mass is 35.5. The Morgan fingerprint density at radius 3 is 3.05 bits per heavy atom. The fourth-order valence-electron chi connectivity index (χ4n) is 2.51. The molecule has 5 heteroatoms. The van der Waals surface area contributed by atoms with Gasteiger partial charge in [0.05, 0.1) is 18.7 Å². The van der Waals surface area contributed by atoms with Crippen molar-refractivity contribution in [3.63, 3.8) is 0 Å². The van der Waals surface area contributed by atoms with Gasteiger partial charge in [-0.2, -0.15) is 0 Å². The summed E-state index contributed by atoms with van der Waals surface area (Å²) in [6.07, 6.45) is 5.11. The molecule has 3 rings (SSSR count). The number of aromatic nitrogens is 1. The average molecular weight is 308 g/mol. The van der Waals surface area contributed by atoms with Crippen molar-refractivity contribution in [3.05, 3.63) is 29.4 Å². The van der Waals surface area contributed by atoms with Crippen LogP contribution in [0.15, 0.2) is 24.4 Å². The molecule has 2 heterocycles. The number of nitrogens with zero attached hydrogens (tertiary/aromatic N) is 1. The Labute approximate surface area is 129 Å². The second-order valence-corrected chi connectivity index (χ2v) is 5.53. The van der Waals surface area contributed by atoms with Crippen molar-refractivity contribution in [1.29, 1.82) is 0 Å². The summed E-state index contributed by atoms with van der Waals surface area (Å²) in [5, 5.41) is 1.37. The summed E-state index contributed by atoms with van der Waals surface area (Å²) < 4.78 is 16.9. The number of pyridine rings is 1. The zero-order valence-electron chi connectivity index (χ0n) is 12.0. The van der Waals surface area contributed by atoms with Crippen molar-refractivity contribution >= 4 is 22.5 Å². The van der Waals surface area contributed by atoms with Gasteiger partial charge in [0.15, 0.2) is 0 Å². The van der Waals surface area contributed by atoms with E-state index in [9.17, 15) is 0 Å². The number of fused-ring (bicyclic) bond motifs is 1. The third-order valence-electron chi connectivity index (χ3n) is 3.67. The third kappa shape index (κ3) is 3.22. The van der Waals surface area contributed by atoms with Gasteiger partial charge in [-0.1, -0.05) is 11.6 Å². The first-order valence-corrected chi connectivity index (χ1v) is 7.52. The molecule has 112 valence electrons. The highest BCUT2D eigenvalue weighted by Gasteiger charge is 2.17. The van der Waals surface area contributed by atoms with Crippen molar-refractivity contribution in [3.8, 4) is 11.5 Å². The first-order valence-electron chi connectivity index (χ1n) is 7.14. The Morgan fingerprint density at radius 1 is 1.38 bits per heavy atom. The Bertz CT molecular complexity index is 626. The van der Waals surface area contributed by atoms with Crippen molar-refractivity contribution in [1.82, 2.24) is 4.98 Å². The number of hydrogen-bond acceptors (Lipinski definition) is 4. The summed E-state index contributed by atoms with van der Waals surface area (Å²) >= 11 is 6.25. The van der Waals surface area contributed by atoms with Gasteiger partial charge < -0.3 is 14.2 Å². The quantitative estimate of drug-likeness (QED) is 0.860. The monoisotopic (exact) mass is 307 g/mol. The van der Waals surface area contributed by atoms with Gasteiger partial charge in [0.2, 0.25) is 0 Å². The largest absolute Gasteiger partial charge is 0.497 e. The lowest BCUT2D eigenvalue weighted by atomic mass is 10.1. The van der Waals surface area contributed by atoms with Crippen LogP contribution in [-0.4, -0.2) is 31.4 Å². The lowest BCUT2D eigenvalue weighted by Gasteiger charge is -2.23. The molecule has 1 aromatic heterocycles. The summed E-state index contributed by atoms with van der Waals surface area (Å²) in [7, 11) is 1.63. The lowest BCUT2D eigenvalue weighted by Crippen LogP contribution is -2.25. The maximum absolute atomic E-state index is 6.25. The molecule has 0 bridgehead atoms. The van der Waals surface area contributed by atoms with E-state index < -0.39 is 0 Å². The third-order valence-corrected chi connectivity index (χ3v) is 3.94. The van der Waals surface area contributed by atoms with Gasteiger partial charge in [0.1, 0.15) is 23.1 Å². The summed E-state index contributed by atoms with van der Waals surface area (Å²) in [6.45, 7) is 1.32. The highest BCUT2D eigenvalue weighted by Crippen LogP contribution is 2.34. The van der Waals surface area contributed by atoms with E-state index in [1.165, 1.54) is 6.42 Å². The molecule has 21 heavy (non-hydrogen) atoms. The molecule has 0 amide bonds. The fourth-order valence-corrected chi connectivity index (χ4v) is 2.72. The van der Waals surface area contributed by atoms with Gasteiger partial charge in [-0.25, -0.2) is 0 Å². The molecule has 1 atom stereocenters. The maximum atomic E-state index is 6.25. The molecule has 4 nitrogen and oxygen atoms in total. The molecule has 2 aromatic rings. The fraction of sp³-hybridized carbons (Fsp3) is 0.438. The van der Waals surface area contributed by atoms with Crippen LogP contribution in [0.25, 0.3) is 10.9 Å².